The summed E-state index contributed by atoms with van der Waals surface area (Å²) in [6, 6.07) is 14.6. The minimum Gasteiger partial charge on any atom is -0.502 e. The van der Waals surface area contributed by atoms with Crippen molar-refractivity contribution in [1.82, 2.24) is 9.88 Å². The lowest BCUT2D eigenvalue weighted by Crippen LogP contribution is -2.36. The van der Waals surface area contributed by atoms with Crippen molar-refractivity contribution in [1.29, 1.82) is 0 Å². The van der Waals surface area contributed by atoms with Gasteiger partial charge in [-0.05, 0) is 31.0 Å². The summed E-state index contributed by atoms with van der Waals surface area (Å²) in [4.78, 5) is 31.3. The molecule has 0 fully saturated rings. The molecule has 186 valence electrons. The van der Waals surface area contributed by atoms with Gasteiger partial charge in [0.25, 0.3) is 0 Å². The third kappa shape index (κ3) is 4.19. The number of aromatic amines is 1. The molecule has 4 aromatic rings. The van der Waals surface area contributed by atoms with Crippen molar-refractivity contribution in [3.63, 3.8) is 0 Å². The lowest BCUT2D eigenvalue weighted by Gasteiger charge is -2.29. The van der Waals surface area contributed by atoms with Crippen molar-refractivity contribution in [2.45, 2.75) is 32.2 Å². The summed E-state index contributed by atoms with van der Waals surface area (Å²) in [5, 5.41) is 11.8. The Morgan fingerprint density at radius 2 is 1.97 bits per heavy atom. The van der Waals surface area contributed by atoms with Gasteiger partial charge >= 0.3 is 0 Å². The number of methoxy groups -OCH3 is 2. The minimum absolute atomic E-state index is 0.0157. The van der Waals surface area contributed by atoms with Crippen LogP contribution < -0.4 is 14.9 Å². The molecule has 1 unspecified atom stereocenters. The fourth-order valence-electron chi connectivity index (χ4n) is 5.02. The molecule has 2 aromatic carbocycles. The van der Waals surface area contributed by atoms with Gasteiger partial charge in [0.1, 0.15) is 17.3 Å². The van der Waals surface area contributed by atoms with E-state index in [1.54, 1.807) is 37.1 Å². The number of rotatable bonds is 6. The van der Waals surface area contributed by atoms with Crippen LogP contribution in [0, 0.1) is 6.92 Å². The Morgan fingerprint density at radius 3 is 2.75 bits per heavy atom. The molecular formula is C28H28N2O6. The molecule has 2 aromatic heterocycles. The van der Waals surface area contributed by atoms with Crippen LogP contribution in [0.15, 0.2) is 57.7 Å². The Balaban J connectivity index is 1.51. The van der Waals surface area contributed by atoms with Crippen LogP contribution in [0.25, 0.3) is 10.9 Å². The van der Waals surface area contributed by atoms with E-state index >= 15 is 0 Å². The van der Waals surface area contributed by atoms with Crippen molar-refractivity contribution in [3.05, 3.63) is 87.1 Å². The van der Waals surface area contributed by atoms with E-state index in [9.17, 15) is 14.7 Å². The van der Waals surface area contributed by atoms with E-state index in [2.05, 4.69) is 11.1 Å². The largest absolute Gasteiger partial charge is 0.502 e. The monoisotopic (exact) mass is 488 g/mol. The quantitative estimate of drug-likeness (QED) is 0.420. The number of benzene rings is 2. The van der Waals surface area contributed by atoms with Crippen LogP contribution >= 0.6 is 0 Å². The fourth-order valence-corrected chi connectivity index (χ4v) is 5.02. The molecule has 3 heterocycles. The van der Waals surface area contributed by atoms with Crippen LogP contribution in [0.5, 0.6) is 17.2 Å². The maximum atomic E-state index is 13.6. The number of aromatic hydroxyl groups is 1. The predicted molar refractivity (Wildman–Crippen MR) is 135 cm³/mol. The SMILES string of the molecule is COc1ccc(C(CC(=O)N2CCc3c([nH]c4ccccc34)C2)c2oc(C)cc(=O)c2O)c(OC)c1. The first kappa shape index (κ1) is 23.5. The first-order valence-corrected chi connectivity index (χ1v) is 11.8. The number of ether oxygens (including phenoxy) is 2. The van der Waals surface area contributed by atoms with Gasteiger partial charge in [0.2, 0.25) is 17.1 Å². The average molecular weight is 489 g/mol. The van der Waals surface area contributed by atoms with Crippen molar-refractivity contribution < 1.29 is 23.8 Å². The van der Waals surface area contributed by atoms with Crippen LogP contribution in [0.4, 0.5) is 0 Å². The molecule has 0 aliphatic carbocycles. The fraction of sp³-hybridized carbons (Fsp3) is 0.286. The highest BCUT2D eigenvalue weighted by molar-refractivity contribution is 5.86. The predicted octanol–water partition coefficient (Wildman–Crippen LogP) is 4.26. The molecule has 1 aliphatic heterocycles. The van der Waals surface area contributed by atoms with Crippen LogP contribution in [0.3, 0.4) is 0 Å². The summed E-state index contributed by atoms with van der Waals surface area (Å²) in [7, 11) is 3.07. The third-order valence-corrected chi connectivity index (χ3v) is 6.82. The molecule has 8 nitrogen and oxygen atoms in total. The van der Waals surface area contributed by atoms with Gasteiger partial charge in [-0.15, -0.1) is 0 Å². The second kappa shape index (κ2) is 9.45. The number of aryl methyl sites for hydroxylation is 1. The number of fused-ring (bicyclic) bond motifs is 3. The zero-order valence-corrected chi connectivity index (χ0v) is 20.5. The van der Waals surface area contributed by atoms with Gasteiger partial charge in [-0.3, -0.25) is 9.59 Å². The minimum atomic E-state index is -0.741. The highest BCUT2D eigenvalue weighted by atomic mass is 16.5. The Labute approximate surface area is 208 Å². The smallest absolute Gasteiger partial charge is 0.227 e. The number of amides is 1. The van der Waals surface area contributed by atoms with Gasteiger partial charge in [0.15, 0.2) is 5.76 Å². The van der Waals surface area contributed by atoms with Gasteiger partial charge in [-0.25, -0.2) is 0 Å². The Hall–Kier alpha value is -4.20. The number of carbonyl (C=O) groups excluding carboxylic acids is 1. The van der Waals surface area contributed by atoms with E-state index < -0.39 is 17.1 Å². The van der Waals surface area contributed by atoms with Crippen LogP contribution in [0.2, 0.25) is 0 Å². The van der Waals surface area contributed by atoms with Gasteiger partial charge in [0.05, 0.1) is 26.7 Å². The van der Waals surface area contributed by atoms with Crippen molar-refractivity contribution in [2.75, 3.05) is 20.8 Å². The summed E-state index contributed by atoms with van der Waals surface area (Å²) < 4.78 is 16.7. The number of para-hydroxylation sites is 1. The van der Waals surface area contributed by atoms with Crippen LogP contribution in [-0.4, -0.2) is 41.7 Å². The molecule has 0 bridgehead atoms. The summed E-state index contributed by atoms with van der Waals surface area (Å²) in [6.07, 6.45) is 0.727. The number of carbonyl (C=O) groups is 1. The van der Waals surface area contributed by atoms with E-state index in [1.807, 2.05) is 18.2 Å². The highest BCUT2D eigenvalue weighted by Gasteiger charge is 2.32. The highest BCUT2D eigenvalue weighted by Crippen LogP contribution is 2.40. The van der Waals surface area contributed by atoms with Gasteiger partial charge in [0, 0.05) is 47.3 Å². The molecule has 36 heavy (non-hydrogen) atoms. The van der Waals surface area contributed by atoms with Crippen LogP contribution in [0.1, 0.15) is 40.7 Å². The molecule has 0 spiro atoms. The Bertz CT molecular complexity index is 1500. The molecular weight excluding hydrogens is 460 g/mol. The number of H-pyrrole nitrogens is 1. The van der Waals surface area contributed by atoms with E-state index in [4.69, 9.17) is 13.9 Å². The second-order valence-electron chi connectivity index (χ2n) is 8.99. The van der Waals surface area contributed by atoms with E-state index in [1.165, 1.54) is 24.1 Å². The standard InChI is InChI=1S/C28H28N2O6/c1-16-12-24(31)27(33)28(36-16)21(20-9-8-17(34-2)13-25(20)35-3)14-26(32)30-11-10-19-18-6-4-5-7-22(18)29-23(19)15-30/h4-9,12-13,21,29,33H,10-11,14-15H2,1-3H3. The zero-order valence-electron chi connectivity index (χ0n) is 20.5. The topological polar surface area (TPSA) is 105 Å². The maximum absolute atomic E-state index is 13.6. The maximum Gasteiger partial charge on any atom is 0.227 e. The van der Waals surface area contributed by atoms with Gasteiger partial charge in [-0.2, -0.15) is 0 Å². The van der Waals surface area contributed by atoms with Crippen molar-refractivity contribution in [2.24, 2.45) is 0 Å². The zero-order chi connectivity index (χ0) is 25.4. The number of hydrogen-bond donors (Lipinski definition) is 2. The molecule has 1 atom stereocenters. The van der Waals surface area contributed by atoms with E-state index in [0.29, 0.717) is 35.9 Å². The Kier molecular flexibility index (Phi) is 6.18. The summed E-state index contributed by atoms with van der Waals surface area (Å²) in [5.74, 6) is 0.0670. The second-order valence-corrected chi connectivity index (χ2v) is 8.99. The molecule has 5 rings (SSSR count). The number of nitrogens with zero attached hydrogens (tertiary/aromatic N) is 1. The molecule has 8 heteroatoms. The summed E-state index contributed by atoms with van der Waals surface area (Å²) in [6.45, 7) is 2.67. The molecule has 2 N–H and O–H groups in total. The van der Waals surface area contributed by atoms with Crippen molar-refractivity contribution in [3.8, 4) is 17.2 Å². The molecule has 0 saturated carbocycles. The average Bonchev–Trinajstić information content (AvgIpc) is 3.27. The normalized spacial score (nSPS) is 13.9. The number of aromatic nitrogens is 1. The van der Waals surface area contributed by atoms with Crippen molar-refractivity contribution >= 4 is 16.8 Å². The van der Waals surface area contributed by atoms with Gasteiger partial charge in [-0.1, -0.05) is 24.3 Å². The molecule has 0 radical (unpaired) electrons. The first-order valence-electron chi connectivity index (χ1n) is 11.8. The first-order chi connectivity index (χ1) is 17.4. The molecule has 0 saturated heterocycles. The summed E-state index contributed by atoms with van der Waals surface area (Å²) >= 11 is 0. The number of nitrogens with one attached hydrogen (secondary N) is 1. The Morgan fingerprint density at radius 1 is 1.17 bits per heavy atom. The van der Waals surface area contributed by atoms with E-state index in [-0.39, 0.29) is 18.1 Å². The van der Waals surface area contributed by atoms with E-state index in [0.717, 1.165) is 17.6 Å². The van der Waals surface area contributed by atoms with Gasteiger partial charge < -0.3 is 28.9 Å². The number of hydrogen-bond acceptors (Lipinski definition) is 6. The summed E-state index contributed by atoms with van der Waals surface area (Å²) in [5.41, 5.74) is 3.38. The lowest BCUT2D eigenvalue weighted by atomic mass is 9.90. The third-order valence-electron chi connectivity index (χ3n) is 6.82. The molecule has 1 amide bonds. The van der Waals surface area contributed by atoms with Crippen LogP contribution in [-0.2, 0) is 17.8 Å². The molecule has 1 aliphatic rings. The lowest BCUT2D eigenvalue weighted by molar-refractivity contribution is -0.132.